The first kappa shape index (κ1) is 8.87. The highest BCUT2D eigenvalue weighted by molar-refractivity contribution is 8.00. The number of hydrogen-bond donors (Lipinski definition) is 1. The maximum Gasteiger partial charge on any atom is 0.191 e. The molecule has 0 fully saturated rings. The van der Waals surface area contributed by atoms with Gasteiger partial charge in [0.05, 0.1) is 12.8 Å². The molecule has 1 unspecified atom stereocenters. The molecule has 0 aliphatic carbocycles. The summed E-state index contributed by atoms with van der Waals surface area (Å²) in [5.41, 5.74) is 1.15. The third-order valence-electron chi connectivity index (χ3n) is 2.45. The molecule has 0 saturated heterocycles. The molecule has 2 heterocycles. The lowest BCUT2D eigenvalue weighted by Crippen LogP contribution is -2.37. The molecule has 0 amide bonds. The van der Waals surface area contributed by atoms with E-state index in [-0.39, 0.29) is 5.50 Å². The molecule has 0 aromatic heterocycles. The fourth-order valence-corrected chi connectivity index (χ4v) is 2.79. The Kier molecular flexibility index (Phi) is 1.80. The summed E-state index contributed by atoms with van der Waals surface area (Å²) in [5.74, 6) is 6.56. The number of ether oxygens (including phenoxy) is 1. The lowest BCUT2D eigenvalue weighted by Gasteiger charge is -2.18. The minimum absolute atomic E-state index is 0.0482. The molecule has 1 atom stereocenters. The first-order valence-electron chi connectivity index (χ1n) is 4.50. The molecule has 0 saturated carbocycles. The minimum atomic E-state index is 0.0482. The third kappa shape index (κ3) is 1.18. The largest absolute Gasteiger partial charge is 0.497 e. The maximum atomic E-state index is 5.71. The third-order valence-corrected chi connectivity index (χ3v) is 3.70. The van der Waals surface area contributed by atoms with Gasteiger partial charge in [0.1, 0.15) is 12.1 Å². The summed E-state index contributed by atoms with van der Waals surface area (Å²) in [5, 5.41) is 5.48. The SMILES string of the molecule is COc1ccc2c(c1)N1C=NN(N)C1S2. The van der Waals surface area contributed by atoms with Crippen LogP contribution in [0.25, 0.3) is 0 Å². The molecule has 15 heavy (non-hydrogen) atoms. The van der Waals surface area contributed by atoms with E-state index >= 15 is 0 Å². The van der Waals surface area contributed by atoms with Crippen LogP contribution in [-0.2, 0) is 0 Å². The second-order valence-electron chi connectivity index (χ2n) is 3.30. The molecular formula is C9H10N4OS. The van der Waals surface area contributed by atoms with Crippen LogP contribution in [0.1, 0.15) is 0 Å². The number of nitrogens with zero attached hydrogens (tertiary/aromatic N) is 3. The number of nitrogens with two attached hydrogens (primary N) is 1. The van der Waals surface area contributed by atoms with Crippen molar-refractivity contribution in [3.8, 4) is 5.75 Å². The number of anilines is 1. The van der Waals surface area contributed by atoms with Gasteiger partial charge in [-0.05, 0) is 12.1 Å². The van der Waals surface area contributed by atoms with Crippen molar-refractivity contribution in [2.24, 2.45) is 10.9 Å². The number of rotatable bonds is 1. The molecule has 1 aromatic rings. The summed E-state index contributed by atoms with van der Waals surface area (Å²) in [4.78, 5) is 3.23. The van der Waals surface area contributed by atoms with E-state index in [1.165, 1.54) is 10.0 Å². The fourth-order valence-electron chi connectivity index (χ4n) is 1.69. The number of methoxy groups -OCH3 is 1. The molecule has 3 rings (SSSR count). The van der Waals surface area contributed by atoms with Crippen molar-refractivity contribution in [2.75, 3.05) is 12.0 Å². The monoisotopic (exact) mass is 222 g/mol. The normalized spacial score (nSPS) is 21.9. The number of thioether (sulfide) groups is 1. The van der Waals surface area contributed by atoms with Gasteiger partial charge >= 0.3 is 0 Å². The highest BCUT2D eigenvalue weighted by Crippen LogP contribution is 2.46. The Balaban J connectivity index is 2.04. The highest BCUT2D eigenvalue weighted by atomic mass is 32.2. The summed E-state index contributed by atoms with van der Waals surface area (Å²) in [6.07, 6.45) is 1.74. The average molecular weight is 222 g/mol. The van der Waals surface area contributed by atoms with Crippen molar-refractivity contribution in [1.29, 1.82) is 0 Å². The Morgan fingerprint density at radius 1 is 1.53 bits per heavy atom. The van der Waals surface area contributed by atoms with E-state index in [2.05, 4.69) is 5.10 Å². The summed E-state index contributed by atoms with van der Waals surface area (Å²) >= 11 is 1.68. The van der Waals surface area contributed by atoms with Crippen molar-refractivity contribution in [3.63, 3.8) is 0 Å². The Labute approximate surface area is 91.4 Å². The van der Waals surface area contributed by atoms with Gasteiger partial charge in [0, 0.05) is 11.0 Å². The number of hydrogen-bond acceptors (Lipinski definition) is 6. The number of fused-ring (bicyclic) bond motifs is 3. The van der Waals surface area contributed by atoms with Crippen LogP contribution in [0.2, 0.25) is 0 Å². The lowest BCUT2D eigenvalue weighted by molar-refractivity contribution is 0.309. The van der Waals surface area contributed by atoms with Crippen molar-refractivity contribution >= 4 is 23.8 Å². The van der Waals surface area contributed by atoms with Gasteiger partial charge in [0.25, 0.3) is 0 Å². The maximum absolute atomic E-state index is 5.71. The second kappa shape index (κ2) is 3.04. The minimum Gasteiger partial charge on any atom is -0.497 e. The smallest absolute Gasteiger partial charge is 0.191 e. The summed E-state index contributed by atoms with van der Waals surface area (Å²) in [7, 11) is 1.66. The summed E-state index contributed by atoms with van der Waals surface area (Å²) < 4.78 is 5.19. The number of benzene rings is 1. The lowest BCUT2D eigenvalue weighted by atomic mass is 10.3. The average Bonchev–Trinajstić information content (AvgIpc) is 2.78. The number of hydrazine groups is 1. The van der Waals surface area contributed by atoms with Gasteiger partial charge < -0.3 is 4.74 Å². The summed E-state index contributed by atoms with van der Waals surface area (Å²) in [6, 6.07) is 5.98. The Bertz CT molecular complexity index is 436. The zero-order chi connectivity index (χ0) is 10.4. The van der Waals surface area contributed by atoms with E-state index in [4.69, 9.17) is 10.6 Å². The fraction of sp³-hybridized carbons (Fsp3) is 0.222. The van der Waals surface area contributed by atoms with E-state index in [9.17, 15) is 0 Å². The molecule has 0 spiro atoms. The van der Waals surface area contributed by atoms with Crippen LogP contribution >= 0.6 is 11.8 Å². The van der Waals surface area contributed by atoms with Crippen LogP contribution < -0.4 is 15.5 Å². The van der Waals surface area contributed by atoms with Crippen LogP contribution in [0.4, 0.5) is 5.69 Å². The Morgan fingerprint density at radius 3 is 3.20 bits per heavy atom. The predicted molar refractivity (Wildman–Crippen MR) is 59.6 cm³/mol. The first-order chi connectivity index (χ1) is 7.29. The van der Waals surface area contributed by atoms with Gasteiger partial charge in [-0.2, -0.15) is 5.12 Å². The van der Waals surface area contributed by atoms with Crippen LogP contribution in [0.3, 0.4) is 0 Å². The molecule has 78 valence electrons. The Morgan fingerprint density at radius 2 is 2.40 bits per heavy atom. The van der Waals surface area contributed by atoms with E-state index in [0.717, 1.165) is 11.4 Å². The zero-order valence-electron chi connectivity index (χ0n) is 8.12. The molecule has 5 nitrogen and oxygen atoms in total. The van der Waals surface area contributed by atoms with E-state index in [1.54, 1.807) is 25.2 Å². The zero-order valence-corrected chi connectivity index (χ0v) is 8.94. The molecule has 6 heteroatoms. The number of hydrazone groups is 1. The van der Waals surface area contributed by atoms with Crippen molar-refractivity contribution < 1.29 is 4.74 Å². The first-order valence-corrected chi connectivity index (χ1v) is 5.38. The molecular weight excluding hydrogens is 212 g/mol. The topological polar surface area (TPSA) is 54.1 Å². The van der Waals surface area contributed by atoms with Gasteiger partial charge in [0.15, 0.2) is 5.50 Å². The van der Waals surface area contributed by atoms with Crippen molar-refractivity contribution in [3.05, 3.63) is 18.2 Å². The van der Waals surface area contributed by atoms with E-state index < -0.39 is 0 Å². The van der Waals surface area contributed by atoms with Crippen molar-refractivity contribution in [2.45, 2.75) is 10.4 Å². The molecule has 2 aliphatic rings. The van der Waals surface area contributed by atoms with E-state index in [1.807, 2.05) is 23.1 Å². The molecule has 2 N–H and O–H groups in total. The van der Waals surface area contributed by atoms with Gasteiger partial charge in [0.2, 0.25) is 0 Å². The van der Waals surface area contributed by atoms with Crippen LogP contribution in [0.5, 0.6) is 5.75 Å². The highest BCUT2D eigenvalue weighted by Gasteiger charge is 2.36. The van der Waals surface area contributed by atoms with Gasteiger partial charge in [-0.15, -0.1) is 5.10 Å². The molecule has 0 radical (unpaired) electrons. The van der Waals surface area contributed by atoms with Gasteiger partial charge in [-0.25, -0.2) is 5.84 Å². The summed E-state index contributed by atoms with van der Waals surface area (Å²) in [6.45, 7) is 0. The quantitative estimate of drug-likeness (QED) is 0.719. The van der Waals surface area contributed by atoms with Gasteiger partial charge in [-0.3, -0.25) is 4.90 Å². The molecule has 2 aliphatic heterocycles. The standard InChI is InChI=1S/C9H10N4OS/c1-14-6-2-3-8-7(4-6)12-5-11-13(10)9(12)15-8/h2-5,9H,10H2,1H3. The predicted octanol–water partition coefficient (Wildman–Crippen LogP) is 1.02. The second-order valence-corrected chi connectivity index (χ2v) is 4.39. The van der Waals surface area contributed by atoms with Crippen LogP contribution in [0, 0.1) is 0 Å². The molecule has 0 bridgehead atoms. The van der Waals surface area contributed by atoms with Crippen molar-refractivity contribution in [1.82, 2.24) is 5.12 Å². The van der Waals surface area contributed by atoms with Gasteiger partial charge in [-0.1, -0.05) is 11.8 Å². The van der Waals surface area contributed by atoms with Crippen LogP contribution in [-0.4, -0.2) is 24.1 Å². The van der Waals surface area contributed by atoms with Crippen LogP contribution in [0.15, 0.2) is 28.2 Å². The van der Waals surface area contributed by atoms with E-state index in [0.29, 0.717) is 0 Å². The Hall–Kier alpha value is -1.40. The molecule has 1 aromatic carbocycles.